The van der Waals surface area contributed by atoms with Gasteiger partial charge in [-0.3, -0.25) is 14.6 Å². The molecule has 0 saturated carbocycles. The average Bonchev–Trinajstić information content (AvgIpc) is 2.50. The summed E-state index contributed by atoms with van der Waals surface area (Å²) in [6.45, 7) is 9.80. The standard InChI is InChI=1S/C17H26N2O2/c1-3-15-5-7-16(8-6-15)13-18-9-11-19(12-10-18)14-17(20)21-4-2/h5-8H,3-4,9-14H2,1-2H3. The van der Waals surface area contributed by atoms with Gasteiger partial charge >= 0.3 is 5.97 Å². The largest absolute Gasteiger partial charge is 0.465 e. The molecule has 21 heavy (non-hydrogen) atoms. The molecule has 1 aromatic rings. The maximum absolute atomic E-state index is 11.5. The van der Waals surface area contributed by atoms with Crippen LogP contribution in [0.3, 0.4) is 0 Å². The first-order valence-corrected chi connectivity index (χ1v) is 7.89. The summed E-state index contributed by atoms with van der Waals surface area (Å²) >= 11 is 0. The lowest BCUT2D eigenvalue weighted by Crippen LogP contribution is -2.47. The Morgan fingerprint density at radius 3 is 2.14 bits per heavy atom. The number of benzene rings is 1. The zero-order chi connectivity index (χ0) is 15.1. The number of aryl methyl sites for hydroxylation is 1. The molecule has 0 aliphatic carbocycles. The van der Waals surface area contributed by atoms with Crippen molar-refractivity contribution in [3.05, 3.63) is 35.4 Å². The number of hydrogen-bond donors (Lipinski definition) is 0. The average molecular weight is 290 g/mol. The van der Waals surface area contributed by atoms with Crippen molar-refractivity contribution in [3.63, 3.8) is 0 Å². The molecule has 0 N–H and O–H groups in total. The Hall–Kier alpha value is -1.39. The van der Waals surface area contributed by atoms with E-state index in [1.54, 1.807) is 0 Å². The lowest BCUT2D eigenvalue weighted by Gasteiger charge is -2.34. The molecular weight excluding hydrogens is 264 g/mol. The summed E-state index contributed by atoms with van der Waals surface area (Å²) in [4.78, 5) is 16.1. The minimum atomic E-state index is -0.110. The van der Waals surface area contributed by atoms with Crippen LogP contribution in [0.4, 0.5) is 0 Å². The van der Waals surface area contributed by atoms with E-state index in [4.69, 9.17) is 4.74 Å². The number of nitrogens with zero attached hydrogens (tertiary/aromatic N) is 2. The van der Waals surface area contributed by atoms with Crippen LogP contribution in [-0.4, -0.2) is 55.1 Å². The second-order valence-corrected chi connectivity index (χ2v) is 5.53. The van der Waals surface area contributed by atoms with Crippen LogP contribution in [0.25, 0.3) is 0 Å². The topological polar surface area (TPSA) is 32.8 Å². The van der Waals surface area contributed by atoms with Crippen LogP contribution < -0.4 is 0 Å². The number of carbonyl (C=O) groups excluding carboxylic acids is 1. The fraction of sp³-hybridized carbons (Fsp3) is 0.588. The van der Waals surface area contributed by atoms with Crippen LogP contribution in [0.2, 0.25) is 0 Å². The maximum Gasteiger partial charge on any atom is 0.320 e. The Morgan fingerprint density at radius 1 is 1.00 bits per heavy atom. The van der Waals surface area contributed by atoms with E-state index >= 15 is 0 Å². The molecule has 0 spiro atoms. The third kappa shape index (κ3) is 5.14. The predicted octanol–water partition coefficient (Wildman–Crippen LogP) is 1.93. The van der Waals surface area contributed by atoms with Gasteiger partial charge in [0.25, 0.3) is 0 Å². The van der Waals surface area contributed by atoms with Crippen LogP contribution in [0.15, 0.2) is 24.3 Å². The zero-order valence-corrected chi connectivity index (χ0v) is 13.2. The highest BCUT2D eigenvalue weighted by Crippen LogP contribution is 2.10. The van der Waals surface area contributed by atoms with E-state index in [0.29, 0.717) is 13.2 Å². The number of ether oxygens (including phenoxy) is 1. The van der Waals surface area contributed by atoms with Crippen molar-refractivity contribution in [2.45, 2.75) is 26.8 Å². The van der Waals surface area contributed by atoms with Crippen LogP contribution in [0.5, 0.6) is 0 Å². The van der Waals surface area contributed by atoms with Gasteiger partial charge in [-0.15, -0.1) is 0 Å². The second kappa shape index (κ2) is 8.15. The van der Waals surface area contributed by atoms with Gasteiger partial charge in [-0.2, -0.15) is 0 Å². The SMILES string of the molecule is CCOC(=O)CN1CCN(Cc2ccc(CC)cc2)CC1. The molecule has 2 rings (SSSR count). The van der Waals surface area contributed by atoms with Gasteiger partial charge in [0.15, 0.2) is 0 Å². The fourth-order valence-electron chi connectivity index (χ4n) is 2.63. The van der Waals surface area contributed by atoms with Crippen molar-refractivity contribution in [2.75, 3.05) is 39.3 Å². The molecule has 0 unspecified atom stereocenters. The van der Waals surface area contributed by atoms with Crippen molar-refractivity contribution in [2.24, 2.45) is 0 Å². The summed E-state index contributed by atoms with van der Waals surface area (Å²) in [6, 6.07) is 8.88. The Balaban J connectivity index is 1.74. The summed E-state index contributed by atoms with van der Waals surface area (Å²) in [7, 11) is 0. The first-order chi connectivity index (χ1) is 10.2. The van der Waals surface area contributed by atoms with Crippen LogP contribution >= 0.6 is 0 Å². The highest BCUT2D eigenvalue weighted by molar-refractivity contribution is 5.71. The molecular formula is C17H26N2O2. The molecule has 1 fully saturated rings. The molecule has 1 aliphatic heterocycles. The van der Waals surface area contributed by atoms with Crippen LogP contribution in [0, 0.1) is 0 Å². The Kier molecular flexibility index (Phi) is 6.21. The van der Waals surface area contributed by atoms with Gasteiger partial charge in [-0.05, 0) is 24.5 Å². The third-order valence-corrected chi connectivity index (χ3v) is 3.96. The van der Waals surface area contributed by atoms with Gasteiger partial charge in [0.05, 0.1) is 13.2 Å². The molecule has 1 heterocycles. The van der Waals surface area contributed by atoms with Gasteiger partial charge in [0, 0.05) is 32.7 Å². The van der Waals surface area contributed by atoms with Gasteiger partial charge in [-0.25, -0.2) is 0 Å². The molecule has 4 heteroatoms. The van der Waals surface area contributed by atoms with E-state index in [1.807, 2.05) is 6.92 Å². The molecule has 0 atom stereocenters. The minimum absolute atomic E-state index is 0.110. The Bertz CT molecular complexity index is 437. The van der Waals surface area contributed by atoms with Crippen LogP contribution in [0.1, 0.15) is 25.0 Å². The maximum atomic E-state index is 11.5. The number of esters is 1. The number of piperazine rings is 1. The third-order valence-electron chi connectivity index (χ3n) is 3.96. The highest BCUT2D eigenvalue weighted by atomic mass is 16.5. The fourth-order valence-corrected chi connectivity index (χ4v) is 2.63. The quantitative estimate of drug-likeness (QED) is 0.750. The summed E-state index contributed by atoms with van der Waals surface area (Å²) in [5, 5.41) is 0. The summed E-state index contributed by atoms with van der Waals surface area (Å²) in [5.74, 6) is -0.110. The first-order valence-electron chi connectivity index (χ1n) is 7.89. The van der Waals surface area contributed by atoms with E-state index in [-0.39, 0.29) is 5.97 Å². The van der Waals surface area contributed by atoms with Crippen molar-refractivity contribution in [1.82, 2.24) is 9.80 Å². The molecule has 0 radical (unpaired) electrons. The predicted molar refractivity (Wildman–Crippen MR) is 84.2 cm³/mol. The zero-order valence-electron chi connectivity index (χ0n) is 13.2. The van der Waals surface area contributed by atoms with Crippen molar-refractivity contribution in [1.29, 1.82) is 0 Å². The van der Waals surface area contributed by atoms with E-state index in [9.17, 15) is 4.79 Å². The van der Waals surface area contributed by atoms with E-state index < -0.39 is 0 Å². The molecule has 0 aromatic heterocycles. The van der Waals surface area contributed by atoms with Gasteiger partial charge in [0.2, 0.25) is 0 Å². The lowest BCUT2D eigenvalue weighted by atomic mass is 10.1. The first kappa shape index (κ1) is 16.0. The number of hydrogen-bond acceptors (Lipinski definition) is 4. The smallest absolute Gasteiger partial charge is 0.320 e. The van der Waals surface area contributed by atoms with Crippen molar-refractivity contribution in [3.8, 4) is 0 Å². The van der Waals surface area contributed by atoms with E-state index in [2.05, 4.69) is 41.0 Å². The summed E-state index contributed by atoms with van der Waals surface area (Å²) < 4.78 is 4.99. The molecule has 116 valence electrons. The van der Waals surface area contributed by atoms with Gasteiger partial charge in [-0.1, -0.05) is 31.2 Å². The Morgan fingerprint density at radius 2 is 1.57 bits per heavy atom. The monoisotopic (exact) mass is 290 g/mol. The summed E-state index contributed by atoms with van der Waals surface area (Å²) in [6.07, 6.45) is 1.09. The van der Waals surface area contributed by atoms with E-state index in [1.165, 1.54) is 11.1 Å². The Labute approximate surface area is 127 Å². The molecule has 1 aromatic carbocycles. The second-order valence-electron chi connectivity index (χ2n) is 5.53. The van der Waals surface area contributed by atoms with Crippen LogP contribution in [-0.2, 0) is 22.5 Å². The van der Waals surface area contributed by atoms with Crippen molar-refractivity contribution >= 4 is 5.97 Å². The molecule has 0 amide bonds. The van der Waals surface area contributed by atoms with E-state index in [0.717, 1.165) is 39.1 Å². The minimum Gasteiger partial charge on any atom is -0.465 e. The van der Waals surface area contributed by atoms with Gasteiger partial charge < -0.3 is 4.74 Å². The normalized spacial score (nSPS) is 16.9. The molecule has 1 aliphatic rings. The summed E-state index contributed by atoms with van der Waals surface area (Å²) in [5.41, 5.74) is 2.75. The molecule has 4 nitrogen and oxygen atoms in total. The van der Waals surface area contributed by atoms with Crippen molar-refractivity contribution < 1.29 is 9.53 Å². The number of rotatable bonds is 6. The lowest BCUT2D eigenvalue weighted by molar-refractivity contribution is -0.144. The van der Waals surface area contributed by atoms with Gasteiger partial charge in [0.1, 0.15) is 0 Å². The molecule has 1 saturated heterocycles. The highest BCUT2D eigenvalue weighted by Gasteiger charge is 2.19. The molecule has 0 bridgehead atoms. The number of carbonyl (C=O) groups is 1.